The third-order valence-electron chi connectivity index (χ3n) is 4.35. The highest BCUT2D eigenvalue weighted by atomic mass is 16.5. The highest BCUT2D eigenvalue weighted by Gasteiger charge is 2.43. The van der Waals surface area contributed by atoms with E-state index in [1.54, 1.807) is 13.3 Å². The van der Waals surface area contributed by atoms with Gasteiger partial charge >= 0.3 is 0 Å². The van der Waals surface area contributed by atoms with Gasteiger partial charge < -0.3 is 15.8 Å². The van der Waals surface area contributed by atoms with Gasteiger partial charge in [0.2, 0.25) is 5.91 Å². The Morgan fingerprint density at radius 1 is 1.52 bits per heavy atom. The Labute approximate surface area is 135 Å². The first-order chi connectivity index (χ1) is 11.1. The third kappa shape index (κ3) is 2.70. The van der Waals surface area contributed by atoms with Gasteiger partial charge in [-0.05, 0) is 36.5 Å². The molecule has 1 aliphatic carbocycles. The molecule has 0 spiro atoms. The van der Waals surface area contributed by atoms with E-state index < -0.39 is 5.54 Å². The van der Waals surface area contributed by atoms with Crippen molar-refractivity contribution in [2.45, 2.75) is 38.3 Å². The molecular formula is C17H22N4O2. The lowest BCUT2D eigenvalue weighted by Crippen LogP contribution is -2.46. The van der Waals surface area contributed by atoms with Crippen LogP contribution in [0.5, 0.6) is 5.75 Å². The number of anilines is 1. The summed E-state index contributed by atoms with van der Waals surface area (Å²) in [5.74, 6) is 0.582. The second-order valence-corrected chi connectivity index (χ2v) is 5.90. The monoisotopic (exact) mass is 314 g/mol. The van der Waals surface area contributed by atoms with E-state index >= 15 is 0 Å². The molecule has 122 valence electrons. The quantitative estimate of drug-likeness (QED) is 0.885. The standard InChI is InChI=1S/C17H22N4O2/c1-3-9-21-11-12(10-19-21)20-16(22)17(18)8-7-13-14(17)5-4-6-15(13)23-2/h4-6,10-11H,3,7-9,18H2,1-2H3,(H,20,22). The van der Waals surface area contributed by atoms with Gasteiger partial charge in [-0.15, -0.1) is 0 Å². The van der Waals surface area contributed by atoms with E-state index in [1.807, 2.05) is 29.1 Å². The Kier molecular flexibility index (Phi) is 4.09. The van der Waals surface area contributed by atoms with Crippen LogP contribution in [0.1, 0.15) is 30.9 Å². The first-order valence-corrected chi connectivity index (χ1v) is 7.87. The molecule has 1 atom stereocenters. The van der Waals surface area contributed by atoms with Crippen LogP contribution < -0.4 is 15.8 Å². The van der Waals surface area contributed by atoms with Crippen LogP contribution in [0.4, 0.5) is 5.69 Å². The van der Waals surface area contributed by atoms with E-state index in [0.29, 0.717) is 12.1 Å². The van der Waals surface area contributed by atoms with Crippen LogP contribution in [-0.4, -0.2) is 22.8 Å². The Morgan fingerprint density at radius 3 is 3.09 bits per heavy atom. The summed E-state index contributed by atoms with van der Waals surface area (Å²) >= 11 is 0. The Morgan fingerprint density at radius 2 is 2.35 bits per heavy atom. The average molecular weight is 314 g/mol. The van der Waals surface area contributed by atoms with Crippen molar-refractivity contribution in [2.75, 3.05) is 12.4 Å². The summed E-state index contributed by atoms with van der Waals surface area (Å²) < 4.78 is 7.19. The molecule has 6 heteroatoms. The SMILES string of the molecule is CCCn1cc(NC(=O)C2(N)CCc3c(OC)cccc32)cn1. The number of benzene rings is 1. The van der Waals surface area contributed by atoms with Gasteiger partial charge in [-0.2, -0.15) is 5.10 Å². The number of hydrogen-bond acceptors (Lipinski definition) is 4. The number of ether oxygens (including phenoxy) is 1. The summed E-state index contributed by atoms with van der Waals surface area (Å²) in [7, 11) is 1.63. The zero-order valence-corrected chi connectivity index (χ0v) is 13.5. The minimum atomic E-state index is -1.03. The minimum Gasteiger partial charge on any atom is -0.496 e. The summed E-state index contributed by atoms with van der Waals surface area (Å²) in [6.07, 6.45) is 5.77. The van der Waals surface area contributed by atoms with Gasteiger partial charge in [0.15, 0.2) is 0 Å². The first-order valence-electron chi connectivity index (χ1n) is 7.87. The number of carbonyl (C=O) groups excluding carboxylic acids is 1. The fraction of sp³-hybridized carbons (Fsp3) is 0.412. The summed E-state index contributed by atoms with van der Waals surface area (Å²) in [6.45, 7) is 2.90. The van der Waals surface area contributed by atoms with E-state index in [1.165, 1.54) is 0 Å². The highest BCUT2D eigenvalue weighted by molar-refractivity contribution is 5.99. The molecule has 6 nitrogen and oxygen atoms in total. The van der Waals surface area contributed by atoms with Crippen LogP contribution >= 0.6 is 0 Å². The van der Waals surface area contributed by atoms with Crippen molar-refractivity contribution >= 4 is 11.6 Å². The van der Waals surface area contributed by atoms with Crippen LogP contribution in [0.2, 0.25) is 0 Å². The van der Waals surface area contributed by atoms with Crippen LogP contribution in [0.25, 0.3) is 0 Å². The van der Waals surface area contributed by atoms with Crippen LogP contribution in [0, 0.1) is 0 Å². The molecule has 23 heavy (non-hydrogen) atoms. The number of aromatic nitrogens is 2. The molecule has 1 amide bonds. The van der Waals surface area contributed by atoms with Crippen LogP contribution in [-0.2, 0) is 23.3 Å². The van der Waals surface area contributed by atoms with E-state index in [9.17, 15) is 4.79 Å². The molecule has 1 aliphatic rings. The van der Waals surface area contributed by atoms with Crippen molar-refractivity contribution in [3.63, 3.8) is 0 Å². The molecule has 1 heterocycles. The van der Waals surface area contributed by atoms with Gasteiger partial charge in [-0.1, -0.05) is 19.1 Å². The summed E-state index contributed by atoms with van der Waals surface area (Å²) in [5, 5.41) is 7.11. The molecule has 0 radical (unpaired) electrons. The number of hydrogen-bond donors (Lipinski definition) is 2. The number of amides is 1. The maximum Gasteiger partial charge on any atom is 0.249 e. The maximum atomic E-state index is 12.8. The lowest BCUT2D eigenvalue weighted by atomic mass is 9.92. The second-order valence-electron chi connectivity index (χ2n) is 5.90. The summed E-state index contributed by atoms with van der Waals surface area (Å²) in [4.78, 5) is 12.8. The number of carbonyl (C=O) groups is 1. The van der Waals surface area contributed by atoms with Gasteiger partial charge in [0.25, 0.3) is 0 Å². The molecule has 1 unspecified atom stereocenters. The Balaban J connectivity index is 1.83. The van der Waals surface area contributed by atoms with Gasteiger partial charge in [0.1, 0.15) is 11.3 Å². The molecule has 2 aromatic rings. The second kappa shape index (κ2) is 6.04. The normalized spacial score (nSPS) is 19.4. The lowest BCUT2D eigenvalue weighted by Gasteiger charge is -2.24. The largest absolute Gasteiger partial charge is 0.496 e. The molecule has 0 saturated carbocycles. The van der Waals surface area contributed by atoms with E-state index in [-0.39, 0.29) is 5.91 Å². The first kappa shape index (κ1) is 15.6. The molecule has 1 aromatic heterocycles. The number of fused-ring (bicyclic) bond motifs is 1. The fourth-order valence-corrected chi connectivity index (χ4v) is 3.15. The summed E-state index contributed by atoms with van der Waals surface area (Å²) in [5.41, 5.74) is 7.96. The molecule has 0 saturated heterocycles. The van der Waals surface area contributed by atoms with Crippen molar-refractivity contribution in [2.24, 2.45) is 5.73 Å². The van der Waals surface area contributed by atoms with Crippen molar-refractivity contribution < 1.29 is 9.53 Å². The highest BCUT2D eigenvalue weighted by Crippen LogP contribution is 2.40. The molecule has 3 N–H and O–H groups in total. The lowest BCUT2D eigenvalue weighted by molar-refractivity contribution is -0.121. The zero-order chi connectivity index (χ0) is 16.4. The Hall–Kier alpha value is -2.34. The molecule has 0 bridgehead atoms. The van der Waals surface area contributed by atoms with E-state index in [2.05, 4.69) is 17.3 Å². The van der Waals surface area contributed by atoms with Gasteiger partial charge in [-0.3, -0.25) is 9.48 Å². The van der Waals surface area contributed by atoms with E-state index in [4.69, 9.17) is 10.5 Å². The molecule has 0 fully saturated rings. The molecule has 3 rings (SSSR count). The third-order valence-corrected chi connectivity index (χ3v) is 4.35. The average Bonchev–Trinajstić information content (AvgIpc) is 3.13. The number of nitrogens with zero attached hydrogens (tertiary/aromatic N) is 2. The summed E-state index contributed by atoms with van der Waals surface area (Å²) in [6, 6.07) is 5.68. The molecule has 0 aliphatic heterocycles. The predicted octanol–water partition coefficient (Wildman–Crippen LogP) is 2.04. The smallest absolute Gasteiger partial charge is 0.249 e. The van der Waals surface area contributed by atoms with Crippen LogP contribution in [0.3, 0.4) is 0 Å². The number of aryl methyl sites for hydroxylation is 1. The van der Waals surface area contributed by atoms with Crippen LogP contribution in [0.15, 0.2) is 30.6 Å². The number of methoxy groups -OCH3 is 1. The van der Waals surface area contributed by atoms with E-state index in [0.717, 1.165) is 36.3 Å². The topological polar surface area (TPSA) is 82.2 Å². The van der Waals surface area contributed by atoms with Crippen molar-refractivity contribution in [3.8, 4) is 5.75 Å². The van der Waals surface area contributed by atoms with Gasteiger partial charge in [0.05, 0.1) is 19.0 Å². The number of rotatable bonds is 5. The number of nitrogens with one attached hydrogen (secondary N) is 1. The van der Waals surface area contributed by atoms with Crippen molar-refractivity contribution in [3.05, 3.63) is 41.7 Å². The predicted molar refractivity (Wildman–Crippen MR) is 88.3 cm³/mol. The van der Waals surface area contributed by atoms with Crippen molar-refractivity contribution in [1.82, 2.24) is 9.78 Å². The number of nitrogens with two attached hydrogens (primary N) is 1. The van der Waals surface area contributed by atoms with Crippen molar-refractivity contribution in [1.29, 1.82) is 0 Å². The minimum absolute atomic E-state index is 0.208. The zero-order valence-electron chi connectivity index (χ0n) is 13.5. The Bertz CT molecular complexity index is 725. The fourth-order valence-electron chi connectivity index (χ4n) is 3.15. The maximum absolute atomic E-state index is 12.8. The molecule has 1 aromatic carbocycles. The molecular weight excluding hydrogens is 292 g/mol. The van der Waals surface area contributed by atoms with Gasteiger partial charge in [-0.25, -0.2) is 0 Å². The van der Waals surface area contributed by atoms with Gasteiger partial charge in [0, 0.05) is 12.7 Å².